The number of fused-ring (bicyclic) bond motifs is 1. The fourth-order valence-electron chi connectivity index (χ4n) is 2.39. The maximum Gasteiger partial charge on any atom is 0.243 e. The average Bonchev–Trinajstić information content (AvgIpc) is 2.89. The number of thioether (sulfide) groups is 1. The summed E-state index contributed by atoms with van der Waals surface area (Å²) in [6.07, 6.45) is 3.84. The van der Waals surface area contributed by atoms with Gasteiger partial charge in [0.05, 0.1) is 17.0 Å². The largest absolute Gasteiger partial charge is 0.349 e. The molecule has 2 aromatic heterocycles. The molecule has 1 saturated heterocycles. The molecule has 0 aliphatic carbocycles. The Morgan fingerprint density at radius 3 is 3.09 bits per heavy atom. The van der Waals surface area contributed by atoms with Crippen LogP contribution in [0.15, 0.2) is 24.5 Å². The SMILES string of the molecule is Cc1ccn2cc(CNC(=O)[C@@H]3CSC(C)(C)C(=O)N3)nc2c1. The van der Waals surface area contributed by atoms with Gasteiger partial charge in [-0.15, -0.1) is 11.8 Å². The van der Waals surface area contributed by atoms with Crippen LogP contribution in [0.3, 0.4) is 0 Å². The maximum absolute atomic E-state index is 12.2. The van der Waals surface area contributed by atoms with Gasteiger partial charge in [-0.2, -0.15) is 0 Å². The Morgan fingerprint density at radius 2 is 2.35 bits per heavy atom. The molecule has 1 atom stereocenters. The lowest BCUT2D eigenvalue weighted by Crippen LogP contribution is -2.57. The van der Waals surface area contributed by atoms with Gasteiger partial charge in [-0.05, 0) is 38.5 Å². The first kappa shape index (κ1) is 15.9. The molecule has 2 aromatic rings. The van der Waals surface area contributed by atoms with E-state index >= 15 is 0 Å². The number of carbonyl (C=O) groups is 2. The number of imidazole rings is 1. The van der Waals surface area contributed by atoms with Crippen molar-refractivity contribution in [2.24, 2.45) is 0 Å². The molecule has 3 rings (SSSR count). The first-order valence-electron chi connectivity index (χ1n) is 7.52. The van der Waals surface area contributed by atoms with E-state index in [4.69, 9.17) is 0 Å². The van der Waals surface area contributed by atoms with E-state index in [0.717, 1.165) is 16.9 Å². The molecule has 2 N–H and O–H groups in total. The molecule has 122 valence electrons. The van der Waals surface area contributed by atoms with Crippen LogP contribution in [-0.2, 0) is 16.1 Å². The van der Waals surface area contributed by atoms with Gasteiger partial charge in [0.2, 0.25) is 11.8 Å². The van der Waals surface area contributed by atoms with Gasteiger partial charge < -0.3 is 15.0 Å². The second kappa shape index (κ2) is 5.88. The third-order valence-electron chi connectivity index (χ3n) is 3.89. The van der Waals surface area contributed by atoms with Crippen molar-refractivity contribution in [3.05, 3.63) is 35.8 Å². The molecule has 6 nitrogen and oxygen atoms in total. The minimum Gasteiger partial charge on any atom is -0.349 e. The maximum atomic E-state index is 12.2. The molecule has 0 bridgehead atoms. The molecule has 1 aliphatic rings. The molecule has 0 unspecified atom stereocenters. The Kier molecular flexibility index (Phi) is 4.06. The number of carbonyl (C=O) groups excluding carboxylic acids is 2. The minimum absolute atomic E-state index is 0.0999. The third-order valence-corrected chi connectivity index (χ3v) is 5.30. The van der Waals surface area contributed by atoms with Crippen LogP contribution in [0, 0.1) is 6.92 Å². The zero-order valence-corrected chi connectivity index (χ0v) is 14.2. The van der Waals surface area contributed by atoms with Crippen LogP contribution in [0.1, 0.15) is 25.1 Å². The summed E-state index contributed by atoms with van der Waals surface area (Å²) in [5.74, 6) is 0.307. The highest BCUT2D eigenvalue weighted by atomic mass is 32.2. The van der Waals surface area contributed by atoms with E-state index in [0.29, 0.717) is 12.3 Å². The summed E-state index contributed by atoms with van der Waals surface area (Å²) in [7, 11) is 0. The Morgan fingerprint density at radius 1 is 1.57 bits per heavy atom. The summed E-state index contributed by atoms with van der Waals surface area (Å²) in [6.45, 7) is 6.08. The molecular weight excluding hydrogens is 312 g/mol. The number of pyridine rings is 1. The smallest absolute Gasteiger partial charge is 0.243 e. The number of nitrogens with zero attached hydrogens (tertiary/aromatic N) is 2. The van der Waals surface area contributed by atoms with Crippen LogP contribution in [0.5, 0.6) is 0 Å². The van der Waals surface area contributed by atoms with Crippen LogP contribution in [-0.4, -0.2) is 37.7 Å². The van der Waals surface area contributed by atoms with E-state index < -0.39 is 10.8 Å². The second-order valence-corrected chi connectivity index (χ2v) is 7.91. The Balaban J connectivity index is 1.61. The molecule has 23 heavy (non-hydrogen) atoms. The van der Waals surface area contributed by atoms with Crippen LogP contribution in [0.2, 0.25) is 0 Å². The van der Waals surface area contributed by atoms with Gasteiger partial charge >= 0.3 is 0 Å². The van der Waals surface area contributed by atoms with Crippen LogP contribution in [0.25, 0.3) is 5.65 Å². The van der Waals surface area contributed by atoms with E-state index in [-0.39, 0.29) is 11.8 Å². The zero-order valence-electron chi connectivity index (χ0n) is 13.4. The molecule has 1 fully saturated rings. The van der Waals surface area contributed by atoms with Gasteiger partial charge in [-0.25, -0.2) is 4.98 Å². The molecule has 7 heteroatoms. The lowest BCUT2D eigenvalue weighted by molar-refractivity contribution is -0.129. The zero-order chi connectivity index (χ0) is 16.6. The van der Waals surface area contributed by atoms with Gasteiger partial charge in [-0.1, -0.05) is 0 Å². The average molecular weight is 332 g/mol. The van der Waals surface area contributed by atoms with Crippen molar-refractivity contribution in [3.8, 4) is 0 Å². The Bertz CT molecular complexity index is 769. The number of aryl methyl sites for hydroxylation is 1. The predicted molar refractivity (Wildman–Crippen MR) is 90.2 cm³/mol. The summed E-state index contributed by atoms with van der Waals surface area (Å²) in [4.78, 5) is 28.6. The number of hydrogen-bond donors (Lipinski definition) is 2. The monoisotopic (exact) mass is 332 g/mol. The van der Waals surface area contributed by atoms with Crippen molar-refractivity contribution in [3.63, 3.8) is 0 Å². The fraction of sp³-hybridized carbons (Fsp3) is 0.438. The highest BCUT2D eigenvalue weighted by Gasteiger charge is 2.37. The van der Waals surface area contributed by atoms with Crippen molar-refractivity contribution in [2.75, 3.05) is 5.75 Å². The summed E-state index contributed by atoms with van der Waals surface area (Å²) in [6, 6.07) is 3.51. The quantitative estimate of drug-likeness (QED) is 0.887. The minimum atomic E-state index is -0.486. The standard InChI is InChI=1S/C16H20N4O2S/c1-10-4-5-20-8-11(18-13(20)6-10)7-17-14(21)12-9-23-16(2,3)15(22)19-12/h4-6,8,12H,7,9H2,1-3H3,(H,17,21)(H,19,22)/t12-/m0/s1. The van der Waals surface area contributed by atoms with Crippen molar-refractivity contribution >= 4 is 29.2 Å². The molecular formula is C16H20N4O2S. The summed E-state index contributed by atoms with van der Waals surface area (Å²) < 4.78 is 1.45. The first-order chi connectivity index (χ1) is 10.8. The molecule has 0 saturated carbocycles. The highest BCUT2D eigenvalue weighted by molar-refractivity contribution is 8.01. The van der Waals surface area contributed by atoms with Gasteiger partial charge in [-0.3, -0.25) is 9.59 Å². The van der Waals surface area contributed by atoms with Crippen molar-refractivity contribution < 1.29 is 9.59 Å². The van der Waals surface area contributed by atoms with Crippen molar-refractivity contribution in [2.45, 2.75) is 38.1 Å². The third kappa shape index (κ3) is 3.34. The number of aromatic nitrogens is 2. The lowest BCUT2D eigenvalue weighted by Gasteiger charge is -2.32. The first-order valence-corrected chi connectivity index (χ1v) is 8.50. The van der Waals surface area contributed by atoms with Gasteiger partial charge in [0, 0.05) is 18.1 Å². The van der Waals surface area contributed by atoms with Crippen LogP contribution in [0.4, 0.5) is 0 Å². The van der Waals surface area contributed by atoms with Gasteiger partial charge in [0.25, 0.3) is 0 Å². The van der Waals surface area contributed by atoms with Crippen LogP contribution >= 0.6 is 11.8 Å². The lowest BCUT2D eigenvalue weighted by atomic mass is 10.1. The summed E-state index contributed by atoms with van der Waals surface area (Å²) >= 11 is 1.50. The molecule has 2 amide bonds. The number of nitrogens with one attached hydrogen (secondary N) is 2. The Hall–Kier alpha value is -2.02. The van der Waals surface area contributed by atoms with Gasteiger partial charge in [0.1, 0.15) is 11.7 Å². The van der Waals surface area contributed by atoms with E-state index in [9.17, 15) is 9.59 Å². The summed E-state index contributed by atoms with van der Waals surface area (Å²) in [5.41, 5.74) is 2.79. The fourth-order valence-corrected chi connectivity index (χ4v) is 3.40. The summed E-state index contributed by atoms with van der Waals surface area (Å²) in [5, 5.41) is 5.63. The second-order valence-electron chi connectivity index (χ2n) is 6.27. The number of hydrogen-bond acceptors (Lipinski definition) is 4. The van der Waals surface area contributed by atoms with Crippen molar-refractivity contribution in [1.29, 1.82) is 0 Å². The van der Waals surface area contributed by atoms with Gasteiger partial charge in [0.15, 0.2) is 0 Å². The normalized spacial score (nSPS) is 20.3. The van der Waals surface area contributed by atoms with E-state index in [2.05, 4.69) is 15.6 Å². The molecule has 3 heterocycles. The number of amides is 2. The molecule has 0 radical (unpaired) electrons. The van der Waals surface area contributed by atoms with E-state index in [1.165, 1.54) is 11.8 Å². The van der Waals surface area contributed by atoms with E-state index in [1.807, 2.05) is 49.7 Å². The van der Waals surface area contributed by atoms with E-state index in [1.54, 1.807) is 0 Å². The Labute approximate surface area is 139 Å². The topological polar surface area (TPSA) is 75.5 Å². The molecule has 0 aromatic carbocycles. The van der Waals surface area contributed by atoms with Crippen LogP contribution < -0.4 is 10.6 Å². The number of rotatable bonds is 3. The molecule has 0 spiro atoms. The predicted octanol–water partition coefficient (Wildman–Crippen LogP) is 1.27. The highest BCUT2D eigenvalue weighted by Crippen LogP contribution is 2.28. The molecule has 1 aliphatic heterocycles. The van der Waals surface area contributed by atoms with Crippen molar-refractivity contribution in [1.82, 2.24) is 20.0 Å².